The molecule has 2 bridgehead atoms. The standard InChI is InChI=1S/C47H62FN7O7/c1-6-31-9-7-10-32-23-36(61-29-59-5)24-37(40(31)32)42-41(48)43-38(25-49-42)44(54-26-33-12-13-34(27-54)55(33)46(58)62-47(2,3)4)51-45(50-43)60-28-35-11-8-18-53(35)22-16-30-14-19-52(20-15-30)21-17-39(56)57/h7,9-10,23-25,30,33-35H,6,8,11-22,26-29H2,1-5H3,(H,56,57)/t33?,34?,35-/m0/s1. The first-order valence-corrected chi connectivity index (χ1v) is 22.5. The Balaban J connectivity index is 1.09. The average Bonchev–Trinajstić information content (AvgIpc) is 3.82. The molecular formula is C47H62FN7O7. The molecule has 62 heavy (non-hydrogen) atoms. The van der Waals surface area contributed by atoms with E-state index in [-0.39, 0.29) is 54.7 Å². The van der Waals surface area contributed by atoms with Crippen LogP contribution in [0.3, 0.4) is 0 Å². The number of aromatic nitrogens is 3. The lowest BCUT2D eigenvalue weighted by Crippen LogP contribution is -2.57. The number of amides is 1. The molecule has 2 unspecified atom stereocenters. The van der Waals surface area contributed by atoms with Crippen molar-refractivity contribution in [2.75, 3.05) is 71.2 Å². The zero-order valence-corrected chi connectivity index (χ0v) is 36.9. The third-order valence-electron chi connectivity index (χ3n) is 13.1. The molecule has 334 valence electrons. The number of halogens is 1. The SMILES string of the molecule is CCc1cccc2cc(OCOC)cc(-c3ncc4c(N5CC6CCC(C5)N6C(=O)OC(C)(C)C)nc(OC[C@@H]5CCCN5CCC5CCN(CCC(=O)O)CC5)nc4c3F)c12. The fourth-order valence-corrected chi connectivity index (χ4v) is 10.0. The number of benzene rings is 2. The molecule has 3 atom stereocenters. The minimum atomic E-state index is -0.744. The summed E-state index contributed by atoms with van der Waals surface area (Å²) < 4.78 is 40.9. The molecule has 4 aliphatic heterocycles. The molecule has 4 aromatic rings. The van der Waals surface area contributed by atoms with E-state index in [9.17, 15) is 9.59 Å². The second-order valence-electron chi connectivity index (χ2n) is 18.4. The van der Waals surface area contributed by atoms with E-state index < -0.39 is 17.4 Å². The molecular weight excluding hydrogens is 794 g/mol. The highest BCUT2D eigenvalue weighted by molar-refractivity contribution is 6.01. The van der Waals surface area contributed by atoms with Crippen LogP contribution in [0.1, 0.15) is 84.6 Å². The Kier molecular flexibility index (Phi) is 13.3. The van der Waals surface area contributed by atoms with Gasteiger partial charge in [0.1, 0.15) is 35.0 Å². The summed E-state index contributed by atoms with van der Waals surface area (Å²) in [5.41, 5.74) is 1.33. The highest BCUT2D eigenvalue weighted by atomic mass is 19.1. The molecule has 15 heteroatoms. The maximum atomic E-state index is 17.5. The number of carboxylic acids is 1. The second-order valence-corrected chi connectivity index (χ2v) is 18.4. The van der Waals surface area contributed by atoms with Crippen molar-refractivity contribution in [1.82, 2.24) is 29.7 Å². The number of anilines is 1. The van der Waals surface area contributed by atoms with Gasteiger partial charge in [-0.2, -0.15) is 9.97 Å². The van der Waals surface area contributed by atoms with Crippen LogP contribution in [0.2, 0.25) is 0 Å². The number of hydrogen-bond acceptors (Lipinski definition) is 12. The lowest BCUT2D eigenvalue weighted by atomic mass is 9.93. The van der Waals surface area contributed by atoms with E-state index in [1.54, 1.807) is 13.3 Å². The van der Waals surface area contributed by atoms with Gasteiger partial charge < -0.3 is 33.9 Å². The summed E-state index contributed by atoms with van der Waals surface area (Å²) in [6.45, 7) is 13.6. The summed E-state index contributed by atoms with van der Waals surface area (Å²) >= 11 is 0. The third kappa shape index (κ3) is 9.69. The van der Waals surface area contributed by atoms with Crippen molar-refractivity contribution in [2.45, 2.75) is 109 Å². The summed E-state index contributed by atoms with van der Waals surface area (Å²) in [4.78, 5) is 47.9. The first kappa shape index (κ1) is 43.8. The van der Waals surface area contributed by atoms with E-state index in [0.717, 1.165) is 93.9 Å². The Morgan fingerprint density at radius 2 is 1.74 bits per heavy atom. The molecule has 14 nitrogen and oxygen atoms in total. The van der Waals surface area contributed by atoms with Gasteiger partial charge in [-0.25, -0.2) is 9.18 Å². The molecule has 8 rings (SSSR count). The normalized spacial score (nSPS) is 21.3. The van der Waals surface area contributed by atoms with Gasteiger partial charge in [0.15, 0.2) is 12.6 Å². The smallest absolute Gasteiger partial charge is 0.410 e. The van der Waals surface area contributed by atoms with Crippen molar-refractivity contribution < 1.29 is 38.0 Å². The fourth-order valence-electron chi connectivity index (χ4n) is 10.0. The first-order chi connectivity index (χ1) is 29.9. The largest absolute Gasteiger partial charge is 0.481 e. The number of aliphatic carboxylic acids is 1. The monoisotopic (exact) mass is 855 g/mol. The molecule has 0 radical (unpaired) electrons. The number of rotatable bonds is 15. The number of nitrogens with zero attached hydrogens (tertiary/aromatic N) is 7. The van der Waals surface area contributed by atoms with Gasteiger partial charge in [0.25, 0.3) is 0 Å². The number of likely N-dealkylation sites (tertiary alicyclic amines) is 2. The van der Waals surface area contributed by atoms with Crippen LogP contribution in [-0.2, 0) is 20.7 Å². The van der Waals surface area contributed by atoms with Gasteiger partial charge in [0.2, 0.25) is 0 Å². The molecule has 1 N–H and O–H groups in total. The van der Waals surface area contributed by atoms with Crippen LogP contribution in [0, 0.1) is 11.7 Å². The summed E-state index contributed by atoms with van der Waals surface area (Å²) in [5.74, 6) is 0.374. The number of piperazine rings is 1. The predicted octanol–water partition coefficient (Wildman–Crippen LogP) is 7.54. The predicted molar refractivity (Wildman–Crippen MR) is 235 cm³/mol. The minimum Gasteiger partial charge on any atom is -0.481 e. The van der Waals surface area contributed by atoms with E-state index in [1.807, 2.05) is 49.9 Å². The van der Waals surface area contributed by atoms with E-state index in [2.05, 4.69) is 27.7 Å². The number of hydrogen-bond donors (Lipinski definition) is 1. The van der Waals surface area contributed by atoms with E-state index >= 15 is 4.39 Å². The number of aryl methyl sites for hydroxylation is 1. The van der Waals surface area contributed by atoms with Gasteiger partial charge in [0.05, 0.1) is 23.9 Å². The van der Waals surface area contributed by atoms with Crippen LogP contribution in [0.25, 0.3) is 32.9 Å². The number of fused-ring (bicyclic) bond motifs is 4. The maximum absolute atomic E-state index is 17.5. The Labute approximate surface area is 363 Å². The Bertz CT molecular complexity index is 2230. The zero-order valence-electron chi connectivity index (χ0n) is 36.9. The van der Waals surface area contributed by atoms with E-state index in [0.29, 0.717) is 54.7 Å². The van der Waals surface area contributed by atoms with Gasteiger partial charge in [-0.15, -0.1) is 0 Å². The molecule has 0 saturated carbocycles. The van der Waals surface area contributed by atoms with Crippen molar-refractivity contribution in [3.8, 4) is 23.0 Å². The van der Waals surface area contributed by atoms with Crippen LogP contribution in [-0.4, -0.2) is 137 Å². The lowest BCUT2D eigenvalue weighted by molar-refractivity contribution is -0.137. The Morgan fingerprint density at radius 3 is 2.45 bits per heavy atom. The summed E-state index contributed by atoms with van der Waals surface area (Å²) in [7, 11) is 1.56. The minimum absolute atomic E-state index is 0.0421. The van der Waals surface area contributed by atoms with Crippen LogP contribution >= 0.6 is 0 Å². The number of carboxylic acid groups (broad SMARTS) is 1. The average molecular weight is 856 g/mol. The first-order valence-electron chi connectivity index (χ1n) is 22.5. The molecule has 2 aromatic heterocycles. The fraction of sp³-hybridized carbons (Fsp3) is 0.596. The number of carbonyl (C=O) groups is 2. The molecule has 2 aromatic carbocycles. The summed E-state index contributed by atoms with van der Waals surface area (Å²) in [6, 6.07) is 9.91. The van der Waals surface area contributed by atoms with Crippen LogP contribution < -0.4 is 14.4 Å². The van der Waals surface area contributed by atoms with Crippen molar-refractivity contribution in [1.29, 1.82) is 0 Å². The Morgan fingerprint density at radius 1 is 0.968 bits per heavy atom. The van der Waals surface area contributed by atoms with Gasteiger partial charge >= 0.3 is 18.1 Å². The number of methoxy groups -OCH3 is 1. The number of carbonyl (C=O) groups excluding carboxylic acids is 1. The third-order valence-corrected chi connectivity index (χ3v) is 13.1. The molecule has 6 heterocycles. The van der Waals surface area contributed by atoms with Gasteiger partial charge in [-0.3, -0.25) is 19.6 Å². The Hall–Kier alpha value is -4.86. The highest BCUT2D eigenvalue weighted by Crippen LogP contribution is 2.41. The summed E-state index contributed by atoms with van der Waals surface area (Å²) in [6.07, 6.45) is 9.27. The molecule has 4 saturated heterocycles. The van der Waals surface area contributed by atoms with Gasteiger partial charge in [-0.1, -0.05) is 25.1 Å². The van der Waals surface area contributed by atoms with Gasteiger partial charge in [0, 0.05) is 44.5 Å². The zero-order chi connectivity index (χ0) is 43.5. The molecule has 1 amide bonds. The van der Waals surface area contributed by atoms with Crippen LogP contribution in [0.5, 0.6) is 11.8 Å². The van der Waals surface area contributed by atoms with Crippen LogP contribution in [0.4, 0.5) is 15.0 Å². The maximum Gasteiger partial charge on any atom is 0.410 e. The molecule has 0 spiro atoms. The number of pyridine rings is 1. The van der Waals surface area contributed by atoms with Crippen molar-refractivity contribution in [3.05, 3.63) is 47.9 Å². The van der Waals surface area contributed by atoms with Crippen LogP contribution in [0.15, 0.2) is 36.5 Å². The van der Waals surface area contributed by atoms with E-state index in [4.69, 9.17) is 39.0 Å². The van der Waals surface area contributed by atoms with Crippen molar-refractivity contribution in [2.24, 2.45) is 5.92 Å². The summed E-state index contributed by atoms with van der Waals surface area (Å²) in [5, 5.41) is 11.4. The van der Waals surface area contributed by atoms with E-state index in [1.165, 1.54) is 0 Å². The van der Waals surface area contributed by atoms with Crippen molar-refractivity contribution in [3.63, 3.8) is 0 Å². The number of ether oxygens (including phenoxy) is 4. The quantitative estimate of drug-likeness (QED) is 0.118. The molecule has 4 aliphatic rings. The lowest BCUT2D eigenvalue weighted by Gasteiger charge is -2.42. The highest BCUT2D eigenvalue weighted by Gasteiger charge is 2.45. The molecule has 0 aliphatic carbocycles. The molecule has 4 fully saturated rings. The number of piperidine rings is 1. The second kappa shape index (κ2) is 18.9. The van der Waals surface area contributed by atoms with Gasteiger partial charge in [-0.05, 0) is 133 Å². The van der Waals surface area contributed by atoms with Crippen molar-refractivity contribution >= 4 is 39.6 Å². The topological polar surface area (TPSA) is 143 Å².